The fraction of sp³-hybridized carbons (Fsp3) is 0.417. The Balaban J connectivity index is 2.46. The molecule has 0 radical (unpaired) electrons. The van der Waals surface area contributed by atoms with Gasteiger partial charge in [0.1, 0.15) is 11.9 Å². The quantitative estimate of drug-likeness (QED) is 0.737. The molecule has 0 N–H and O–H groups in total. The summed E-state index contributed by atoms with van der Waals surface area (Å²) in [5.41, 5.74) is 1.13. The highest BCUT2D eigenvalue weighted by Crippen LogP contribution is 2.15. The maximum atomic E-state index is 13.0. The molecule has 0 saturated carbocycles. The van der Waals surface area contributed by atoms with E-state index in [-0.39, 0.29) is 5.56 Å². The van der Waals surface area contributed by atoms with Crippen molar-refractivity contribution in [3.8, 4) is 6.07 Å². The molecule has 0 saturated heterocycles. The van der Waals surface area contributed by atoms with E-state index in [1.807, 2.05) is 20.2 Å². The molecule has 16 heavy (non-hydrogen) atoms. The van der Waals surface area contributed by atoms with Gasteiger partial charge in [-0.25, -0.2) is 4.39 Å². The lowest BCUT2D eigenvalue weighted by molar-refractivity contribution is 0.437. The van der Waals surface area contributed by atoms with E-state index in [0.717, 1.165) is 23.6 Å². The van der Waals surface area contributed by atoms with Crippen molar-refractivity contribution in [2.75, 3.05) is 26.4 Å². The third-order valence-electron chi connectivity index (χ3n) is 2.10. The van der Waals surface area contributed by atoms with Crippen LogP contribution in [0.15, 0.2) is 18.2 Å². The van der Waals surface area contributed by atoms with Crippen LogP contribution in [-0.2, 0) is 5.75 Å². The van der Waals surface area contributed by atoms with E-state index in [1.165, 1.54) is 6.07 Å². The summed E-state index contributed by atoms with van der Waals surface area (Å²) in [6.07, 6.45) is 0. The first-order valence-corrected chi connectivity index (χ1v) is 6.20. The largest absolute Gasteiger partial charge is 0.309 e. The molecule has 0 aliphatic rings. The highest BCUT2D eigenvalue weighted by Gasteiger charge is 2.02. The zero-order chi connectivity index (χ0) is 12.0. The Morgan fingerprint density at radius 1 is 1.44 bits per heavy atom. The smallest absolute Gasteiger partial charge is 0.140 e. The summed E-state index contributed by atoms with van der Waals surface area (Å²) in [6.45, 7) is 1.02. The van der Waals surface area contributed by atoms with Gasteiger partial charge in [0.05, 0.1) is 5.56 Å². The normalized spacial score (nSPS) is 10.4. The van der Waals surface area contributed by atoms with Crippen LogP contribution in [0.4, 0.5) is 4.39 Å². The molecule has 86 valence electrons. The molecule has 0 spiro atoms. The number of nitrogens with zero attached hydrogens (tertiary/aromatic N) is 2. The number of halogens is 1. The van der Waals surface area contributed by atoms with Gasteiger partial charge in [-0.15, -0.1) is 0 Å². The van der Waals surface area contributed by atoms with Crippen LogP contribution in [-0.4, -0.2) is 31.3 Å². The molecule has 0 aliphatic heterocycles. The number of nitriles is 1. The molecule has 0 unspecified atom stereocenters. The Morgan fingerprint density at radius 3 is 2.81 bits per heavy atom. The highest BCUT2D eigenvalue weighted by atomic mass is 32.2. The first kappa shape index (κ1) is 13.0. The fourth-order valence-corrected chi connectivity index (χ4v) is 2.24. The SMILES string of the molecule is CN(C)CCSCc1ccc(F)c(C#N)c1. The molecule has 0 bridgehead atoms. The average molecular weight is 238 g/mol. The van der Waals surface area contributed by atoms with Crippen LogP contribution in [0, 0.1) is 17.1 Å². The topological polar surface area (TPSA) is 27.0 Å². The minimum Gasteiger partial charge on any atom is -0.309 e. The molecule has 1 aromatic carbocycles. The van der Waals surface area contributed by atoms with Gasteiger partial charge in [-0.05, 0) is 31.8 Å². The van der Waals surface area contributed by atoms with Crippen LogP contribution in [0.2, 0.25) is 0 Å². The summed E-state index contributed by atoms with van der Waals surface area (Å²) in [5, 5.41) is 8.68. The van der Waals surface area contributed by atoms with Crippen LogP contribution in [0.1, 0.15) is 11.1 Å². The Hall–Kier alpha value is -1.05. The number of hydrogen-bond acceptors (Lipinski definition) is 3. The summed E-state index contributed by atoms with van der Waals surface area (Å²) in [6, 6.07) is 6.57. The minimum absolute atomic E-state index is 0.130. The number of rotatable bonds is 5. The lowest BCUT2D eigenvalue weighted by Crippen LogP contribution is -2.14. The van der Waals surface area contributed by atoms with Crippen LogP contribution in [0.5, 0.6) is 0 Å². The molecular formula is C12H15FN2S. The fourth-order valence-electron chi connectivity index (χ4n) is 1.19. The number of benzene rings is 1. The van der Waals surface area contributed by atoms with E-state index in [9.17, 15) is 4.39 Å². The van der Waals surface area contributed by atoms with Crippen molar-refractivity contribution in [3.05, 3.63) is 35.1 Å². The van der Waals surface area contributed by atoms with Crippen molar-refractivity contribution in [1.29, 1.82) is 5.26 Å². The van der Waals surface area contributed by atoms with Gasteiger partial charge in [0, 0.05) is 18.1 Å². The molecule has 2 nitrogen and oxygen atoms in total. The molecule has 0 heterocycles. The van der Waals surface area contributed by atoms with Gasteiger partial charge >= 0.3 is 0 Å². The Bertz CT molecular complexity index is 385. The van der Waals surface area contributed by atoms with E-state index in [2.05, 4.69) is 4.90 Å². The molecular weight excluding hydrogens is 223 g/mol. The van der Waals surface area contributed by atoms with Gasteiger partial charge in [-0.1, -0.05) is 6.07 Å². The molecule has 0 amide bonds. The Labute approximate surface area is 100 Å². The predicted octanol–water partition coefficient (Wildman–Crippen LogP) is 2.49. The zero-order valence-electron chi connectivity index (χ0n) is 9.53. The molecule has 1 aromatic rings. The van der Waals surface area contributed by atoms with Crippen molar-refractivity contribution in [2.45, 2.75) is 5.75 Å². The molecule has 0 atom stereocenters. The van der Waals surface area contributed by atoms with Crippen molar-refractivity contribution in [3.63, 3.8) is 0 Å². The van der Waals surface area contributed by atoms with Crippen LogP contribution in [0.25, 0.3) is 0 Å². The van der Waals surface area contributed by atoms with Gasteiger partial charge in [0.15, 0.2) is 0 Å². The van der Waals surface area contributed by atoms with Crippen LogP contribution in [0.3, 0.4) is 0 Å². The second-order valence-corrected chi connectivity index (χ2v) is 4.89. The van der Waals surface area contributed by atoms with Gasteiger partial charge in [0.2, 0.25) is 0 Å². The van der Waals surface area contributed by atoms with Crippen molar-refractivity contribution < 1.29 is 4.39 Å². The van der Waals surface area contributed by atoms with Crippen LogP contribution >= 0.6 is 11.8 Å². The summed E-state index contributed by atoms with van der Waals surface area (Å²) in [7, 11) is 4.07. The number of hydrogen-bond donors (Lipinski definition) is 0. The zero-order valence-corrected chi connectivity index (χ0v) is 10.4. The molecule has 1 rings (SSSR count). The minimum atomic E-state index is -0.440. The summed E-state index contributed by atoms with van der Waals surface area (Å²) in [4.78, 5) is 2.12. The van der Waals surface area contributed by atoms with E-state index in [4.69, 9.17) is 5.26 Å². The first-order valence-electron chi connectivity index (χ1n) is 5.04. The van der Waals surface area contributed by atoms with Crippen LogP contribution < -0.4 is 0 Å². The first-order chi connectivity index (χ1) is 7.63. The van der Waals surface area contributed by atoms with Gasteiger partial charge in [-0.2, -0.15) is 17.0 Å². The van der Waals surface area contributed by atoms with Gasteiger partial charge in [0.25, 0.3) is 0 Å². The monoisotopic (exact) mass is 238 g/mol. The maximum Gasteiger partial charge on any atom is 0.140 e. The standard InChI is InChI=1S/C12H15FN2S/c1-15(2)5-6-16-9-10-3-4-12(13)11(7-10)8-14/h3-4,7H,5-6,9H2,1-2H3. The van der Waals surface area contributed by atoms with Crippen molar-refractivity contribution in [1.82, 2.24) is 4.90 Å². The second kappa shape index (κ2) is 6.51. The number of thioether (sulfide) groups is 1. The van der Waals surface area contributed by atoms with Crippen molar-refractivity contribution in [2.24, 2.45) is 0 Å². The second-order valence-electron chi connectivity index (χ2n) is 3.78. The molecule has 0 fully saturated rings. The third kappa shape index (κ3) is 4.21. The Kier molecular flexibility index (Phi) is 5.30. The summed E-state index contributed by atoms with van der Waals surface area (Å²) < 4.78 is 13.0. The van der Waals surface area contributed by atoms with E-state index >= 15 is 0 Å². The third-order valence-corrected chi connectivity index (χ3v) is 3.11. The Morgan fingerprint density at radius 2 is 2.19 bits per heavy atom. The van der Waals surface area contributed by atoms with E-state index in [1.54, 1.807) is 23.9 Å². The highest BCUT2D eigenvalue weighted by molar-refractivity contribution is 7.98. The lowest BCUT2D eigenvalue weighted by atomic mass is 10.1. The molecule has 0 aromatic heterocycles. The van der Waals surface area contributed by atoms with Crippen molar-refractivity contribution >= 4 is 11.8 Å². The predicted molar refractivity (Wildman–Crippen MR) is 65.8 cm³/mol. The summed E-state index contributed by atoms with van der Waals surface area (Å²) in [5.74, 6) is 1.42. The maximum absolute atomic E-state index is 13.0. The lowest BCUT2D eigenvalue weighted by Gasteiger charge is -2.08. The van der Waals surface area contributed by atoms with E-state index < -0.39 is 5.82 Å². The van der Waals surface area contributed by atoms with Gasteiger partial charge in [-0.3, -0.25) is 0 Å². The molecule has 4 heteroatoms. The summed E-state index contributed by atoms with van der Waals surface area (Å²) >= 11 is 1.79. The van der Waals surface area contributed by atoms with Gasteiger partial charge < -0.3 is 4.90 Å². The average Bonchev–Trinajstić information content (AvgIpc) is 2.26. The molecule has 0 aliphatic carbocycles. The van der Waals surface area contributed by atoms with E-state index in [0.29, 0.717) is 0 Å².